The molecule has 202 valence electrons. The molecule has 2 aromatic rings. The lowest BCUT2D eigenvalue weighted by atomic mass is 9.91. The maximum absolute atomic E-state index is 11.9. The average Bonchev–Trinajstić information content (AvgIpc) is 2.87. The molecule has 12 heteroatoms. The zero-order chi connectivity index (χ0) is 26.2. The fourth-order valence-electron chi connectivity index (χ4n) is 3.43. The summed E-state index contributed by atoms with van der Waals surface area (Å²) < 4.78 is 66.7. The van der Waals surface area contributed by atoms with E-state index in [1.807, 2.05) is 36.4 Å². The van der Waals surface area contributed by atoms with Crippen LogP contribution in [0, 0.1) is 0 Å². The predicted molar refractivity (Wildman–Crippen MR) is 137 cm³/mol. The molecule has 2 unspecified atom stereocenters. The molecule has 0 N–H and O–H groups in total. The monoisotopic (exact) mass is 546 g/mol. The molecular weight excluding hydrogens is 510 g/mol. The first-order valence-electron chi connectivity index (χ1n) is 11.6. The van der Waals surface area contributed by atoms with Crippen molar-refractivity contribution in [1.29, 1.82) is 0 Å². The fourth-order valence-corrected chi connectivity index (χ4v) is 4.61. The molecule has 36 heavy (non-hydrogen) atoms. The molecule has 2 aromatic carbocycles. The summed E-state index contributed by atoms with van der Waals surface area (Å²) in [5, 5.41) is 0. The van der Waals surface area contributed by atoms with Crippen LogP contribution in [0.25, 0.3) is 11.1 Å². The SMILES string of the molecule is CCO[PH](=O)OCCc1cccc(OCOC)c1-c1c(CCO[PH](=O)OCC)cccc1OCOC. The first kappa shape index (κ1) is 30.5. The van der Waals surface area contributed by atoms with Gasteiger partial charge < -0.3 is 37.0 Å². The van der Waals surface area contributed by atoms with Crippen molar-refractivity contribution in [3.63, 3.8) is 0 Å². The maximum atomic E-state index is 11.9. The van der Waals surface area contributed by atoms with Crippen LogP contribution in [-0.4, -0.2) is 54.2 Å². The van der Waals surface area contributed by atoms with E-state index < -0.39 is 16.5 Å². The highest BCUT2D eigenvalue weighted by atomic mass is 31.1. The van der Waals surface area contributed by atoms with Gasteiger partial charge in [-0.3, -0.25) is 9.13 Å². The highest BCUT2D eigenvalue weighted by Crippen LogP contribution is 2.42. The van der Waals surface area contributed by atoms with Gasteiger partial charge in [-0.1, -0.05) is 24.3 Å². The smallest absolute Gasteiger partial charge is 0.319 e. The summed E-state index contributed by atoms with van der Waals surface area (Å²) >= 11 is 0. The van der Waals surface area contributed by atoms with Crippen molar-refractivity contribution in [3.05, 3.63) is 47.5 Å². The van der Waals surface area contributed by atoms with Crippen LogP contribution in [-0.2, 0) is 49.5 Å². The summed E-state index contributed by atoms with van der Waals surface area (Å²) in [6.45, 7) is 4.61. The van der Waals surface area contributed by atoms with E-state index in [9.17, 15) is 9.13 Å². The Labute approximate surface area is 214 Å². The zero-order valence-electron chi connectivity index (χ0n) is 21.2. The summed E-state index contributed by atoms with van der Waals surface area (Å²) in [5.74, 6) is 1.15. The van der Waals surface area contributed by atoms with Gasteiger partial charge in [0.05, 0.1) is 26.4 Å². The van der Waals surface area contributed by atoms with Gasteiger partial charge in [0.1, 0.15) is 11.5 Å². The van der Waals surface area contributed by atoms with Crippen molar-refractivity contribution in [1.82, 2.24) is 0 Å². The minimum absolute atomic E-state index is 0.0425. The molecule has 0 radical (unpaired) electrons. The summed E-state index contributed by atoms with van der Waals surface area (Å²) in [4.78, 5) is 0. The van der Waals surface area contributed by atoms with Crippen LogP contribution in [0.2, 0.25) is 0 Å². The number of methoxy groups -OCH3 is 2. The Morgan fingerprint density at radius 3 is 1.42 bits per heavy atom. The molecule has 10 nitrogen and oxygen atoms in total. The predicted octanol–water partition coefficient (Wildman–Crippen LogP) is 5.29. The van der Waals surface area contributed by atoms with Crippen LogP contribution in [0.5, 0.6) is 11.5 Å². The van der Waals surface area contributed by atoms with E-state index in [0.29, 0.717) is 37.6 Å². The van der Waals surface area contributed by atoms with Crippen LogP contribution < -0.4 is 9.47 Å². The molecule has 0 saturated heterocycles. The Balaban J connectivity index is 2.49. The van der Waals surface area contributed by atoms with Gasteiger partial charge in [0.2, 0.25) is 0 Å². The minimum Gasteiger partial charge on any atom is -0.467 e. The van der Waals surface area contributed by atoms with Crippen molar-refractivity contribution < 1.29 is 46.2 Å². The van der Waals surface area contributed by atoms with E-state index in [1.165, 1.54) is 0 Å². The normalized spacial score (nSPS) is 12.9. The van der Waals surface area contributed by atoms with Gasteiger partial charge in [0.25, 0.3) is 0 Å². The third-order valence-corrected chi connectivity index (χ3v) is 6.78. The molecule has 0 spiro atoms. The molecule has 0 heterocycles. The number of hydrogen-bond acceptors (Lipinski definition) is 10. The van der Waals surface area contributed by atoms with Crippen LogP contribution in [0.4, 0.5) is 0 Å². The van der Waals surface area contributed by atoms with Crippen molar-refractivity contribution in [2.75, 3.05) is 54.2 Å². The molecule has 0 bridgehead atoms. The van der Waals surface area contributed by atoms with Crippen LogP contribution in [0.3, 0.4) is 0 Å². The van der Waals surface area contributed by atoms with Crippen LogP contribution >= 0.6 is 16.5 Å². The van der Waals surface area contributed by atoms with Gasteiger partial charge in [-0.15, -0.1) is 0 Å². The van der Waals surface area contributed by atoms with Gasteiger partial charge in [-0.2, -0.15) is 0 Å². The molecule has 0 saturated carbocycles. The fraction of sp³-hybridized carbons (Fsp3) is 0.500. The minimum atomic E-state index is -2.56. The zero-order valence-corrected chi connectivity index (χ0v) is 23.2. The Hall–Kier alpha value is -1.74. The molecular formula is C24H36O10P2. The lowest BCUT2D eigenvalue weighted by Gasteiger charge is -2.21. The first-order valence-corrected chi connectivity index (χ1v) is 14.1. The van der Waals surface area contributed by atoms with Gasteiger partial charge in [0.15, 0.2) is 13.6 Å². The Morgan fingerprint density at radius 2 is 1.06 bits per heavy atom. The van der Waals surface area contributed by atoms with Crippen molar-refractivity contribution >= 4 is 16.5 Å². The second-order valence-corrected chi connectivity index (χ2v) is 9.40. The van der Waals surface area contributed by atoms with E-state index >= 15 is 0 Å². The number of benzene rings is 2. The second kappa shape index (κ2) is 17.7. The van der Waals surface area contributed by atoms with Crippen molar-refractivity contribution in [3.8, 4) is 22.6 Å². The van der Waals surface area contributed by atoms with Gasteiger partial charge in [-0.25, -0.2) is 0 Å². The average molecular weight is 546 g/mol. The Kier molecular flexibility index (Phi) is 15.0. The molecule has 0 fully saturated rings. The quantitative estimate of drug-likeness (QED) is 0.170. The molecule has 0 aliphatic rings. The van der Waals surface area contributed by atoms with E-state index in [0.717, 1.165) is 22.3 Å². The largest absolute Gasteiger partial charge is 0.467 e. The lowest BCUT2D eigenvalue weighted by Crippen LogP contribution is -2.08. The Morgan fingerprint density at radius 1 is 0.639 bits per heavy atom. The summed E-state index contributed by atoms with van der Waals surface area (Å²) in [7, 11) is -2.03. The molecule has 0 aliphatic carbocycles. The maximum Gasteiger partial charge on any atom is 0.319 e. The molecule has 2 rings (SSSR count). The number of rotatable bonds is 19. The van der Waals surface area contributed by atoms with Crippen molar-refractivity contribution in [2.24, 2.45) is 0 Å². The standard InChI is InChI=1S/C24H36O10P2/c1-5-31-35(25)33-15-13-19-9-7-11-21(29-17-27-3)23(19)24-20(14-16-34-36(26)32-6-2)10-8-12-22(24)30-18-28-4/h7-12,35-36H,5-6,13-18H2,1-4H3. The third-order valence-electron chi connectivity index (χ3n) is 4.85. The van der Waals surface area contributed by atoms with Crippen LogP contribution in [0.15, 0.2) is 36.4 Å². The summed E-state index contributed by atoms with van der Waals surface area (Å²) in [5.41, 5.74) is 3.31. The van der Waals surface area contributed by atoms with E-state index in [-0.39, 0.29) is 26.8 Å². The summed E-state index contributed by atoms with van der Waals surface area (Å²) in [6, 6.07) is 11.3. The van der Waals surface area contributed by atoms with E-state index in [2.05, 4.69) is 0 Å². The van der Waals surface area contributed by atoms with E-state index in [1.54, 1.807) is 28.1 Å². The van der Waals surface area contributed by atoms with Crippen LogP contribution in [0.1, 0.15) is 25.0 Å². The highest BCUT2D eigenvalue weighted by molar-refractivity contribution is 7.33. The van der Waals surface area contributed by atoms with Crippen molar-refractivity contribution in [2.45, 2.75) is 26.7 Å². The van der Waals surface area contributed by atoms with Gasteiger partial charge >= 0.3 is 16.5 Å². The topological polar surface area (TPSA) is 108 Å². The molecule has 0 aliphatic heterocycles. The number of hydrogen-bond donors (Lipinski definition) is 0. The number of ether oxygens (including phenoxy) is 4. The Bertz CT molecular complexity index is 892. The summed E-state index contributed by atoms with van der Waals surface area (Å²) in [6.07, 6.45) is 0.880. The van der Waals surface area contributed by atoms with Gasteiger partial charge in [0, 0.05) is 25.3 Å². The van der Waals surface area contributed by atoms with Gasteiger partial charge in [-0.05, 0) is 49.9 Å². The third kappa shape index (κ3) is 9.96. The van der Waals surface area contributed by atoms with E-state index in [4.69, 9.17) is 37.0 Å². The molecule has 0 aromatic heterocycles. The highest BCUT2D eigenvalue weighted by Gasteiger charge is 2.21. The lowest BCUT2D eigenvalue weighted by molar-refractivity contribution is 0.0499. The molecule has 2 atom stereocenters. The second-order valence-electron chi connectivity index (χ2n) is 7.25. The first-order chi connectivity index (χ1) is 17.5. The molecule has 0 amide bonds.